The molecule has 20 heavy (non-hydrogen) atoms. The average molecular weight is 299 g/mol. The van der Waals surface area contributed by atoms with Gasteiger partial charge in [-0.3, -0.25) is 0 Å². The van der Waals surface area contributed by atoms with Crippen LogP contribution in [0.15, 0.2) is 24.3 Å². The van der Waals surface area contributed by atoms with E-state index in [4.69, 9.17) is 10.5 Å². The molecule has 4 nitrogen and oxygen atoms in total. The van der Waals surface area contributed by atoms with Gasteiger partial charge in [0.2, 0.25) is 0 Å². The van der Waals surface area contributed by atoms with Gasteiger partial charge in [0.15, 0.2) is 9.84 Å². The highest BCUT2D eigenvalue weighted by Crippen LogP contribution is 2.18. The zero-order chi connectivity index (χ0) is 15.4. The van der Waals surface area contributed by atoms with E-state index in [1.165, 1.54) is 0 Å². The standard InChI is InChI=1S/C15H25NO3S/c1-15(2,3)20(17,18)9-8-13(16)10-12-6-5-7-14(11-12)19-4/h5-7,11,13H,8-10,16H2,1-4H3. The van der Waals surface area contributed by atoms with Gasteiger partial charge in [0, 0.05) is 6.04 Å². The van der Waals surface area contributed by atoms with Crippen molar-refractivity contribution in [3.63, 3.8) is 0 Å². The average Bonchev–Trinajstić information content (AvgIpc) is 2.35. The highest BCUT2D eigenvalue weighted by atomic mass is 32.2. The number of sulfone groups is 1. The van der Waals surface area contributed by atoms with Gasteiger partial charge in [0.25, 0.3) is 0 Å². The van der Waals surface area contributed by atoms with Gasteiger partial charge < -0.3 is 10.5 Å². The van der Waals surface area contributed by atoms with Crippen molar-refractivity contribution in [3.05, 3.63) is 29.8 Å². The summed E-state index contributed by atoms with van der Waals surface area (Å²) < 4.78 is 28.5. The molecule has 0 aliphatic rings. The van der Waals surface area contributed by atoms with Crippen LogP contribution >= 0.6 is 0 Å². The first kappa shape index (κ1) is 17.0. The summed E-state index contributed by atoms with van der Waals surface area (Å²) in [5.41, 5.74) is 7.10. The molecule has 0 spiro atoms. The first-order valence-electron chi connectivity index (χ1n) is 6.76. The third-order valence-electron chi connectivity index (χ3n) is 3.32. The number of nitrogens with two attached hydrogens (primary N) is 1. The number of hydrogen-bond acceptors (Lipinski definition) is 4. The van der Waals surface area contributed by atoms with Gasteiger partial charge in [0.05, 0.1) is 17.6 Å². The molecule has 0 bridgehead atoms. The molecule has 5 heteroatoms. The zero-order valence-electron chi connectivity index (χ0n) is 12.7. The van der Waals surface area contributed by atoms with Crippen molar-refractivity contribution in [2.75, 3.05) is 12.9 Å². The number of methoxy groups -OCH3 is 1. The Morgan fingerprint density at radius 3 is 2.50 bits per heavy atom. The van der Waals surface area contributed by atoms with Crippen LogP contribution in [0.25, 0.3) is 0 Å². The number of benzene rings is 1. The minimum atomic E-state index is -3.10. The maximum absolute atomic E-state index is 12.0. The Hall–Kier alpha value is -1.07. The quantitative estimate of drug-likeness (QED) is 0.874. The van der Waals surface area contributed by atoms with Gasteiger partial charge in [0.1, 0.15) is 5.75 Å². The maximum atomic E-state index is 12.0. The lowest BCUT2D eigenvalue weighted by Crippen LogP contribution is -2.34. The Bertz CT molecular complexity index is 532. The number of rotatable bonds is 6. The molecular weight excluding hydrogens is 274 g/mol. The Kier molecular flexibility index (Phi) is 5.59. The van der Waals surface area contributed by atoms with Crippen LogP contribution in [-0.4, -0.2) is 32.1 Å². The van der Waals surface area contributed by atoms with Crippen LogP contribution in [0.2, 0.25) is 0 Å². The maximum Gasteiger partial charge on any atom is 0.155 e. The smallest absolute Gasteiger partial charge is 0.155 e. The highest BCUT2D eigenvalue weighted by molar-refractivity contribution is 7.92. The van der Waals surface area contributed by atoms with Crippen molar-refractivity contribution >= 4 is 9.84 Å². The molecule has 1 unspecified atom stereocenters. The zero-order valence-corrected chi connectivity index (χ0v) is 13.5. The minimum absolute atomic E-state index is 0.127. The van der Waals surface area contributed by atoms with E-state index in [1.54, 1.807) is 27.9 Å². The van der Waals surface area contributed by atoms with Crippen molar-refractivity contribution < 1.29 is 13.2 Å². The summed E-state index contributed by atoms with van der Waals surface area (Å²) >= 11 is 0. The van der Waals surface area contributed by atoms with Crippen LogP contribution in [-0.2, 0) is 16.3 Å². The van der Waals surface area contributed by atoms with E-state index < -0.39 is 14.6 Å². The molecule has 0 saturated heterocycles. The van der Waals surface area contributed by atoms with Crippen molar-refractivity contribution in [2.45, 2.75) is 44.4 Å². The first-order chi connectivity index (χ1) is 9.15. The molecule has 1 rings (SSSR count). The predicted molar refractivity (Wildman–Crippen MR) is 82.8 cm³/mol. The molecule has 0 fully saturated rings. The Labute approximate surface area is 122 Å². The SMILES string of the molecule is COc1cccc(CC(N)CCS(=O)(=O)C(C)(C)C)c1. The van der Waals surface area contributed by atoms with Gasteiger partial charge in [-0.1, -0.05) is 12.1 Å². The number of ether oxygens (including phenoxy) is 1. The lowest BCUT2D eigenvalue weighted by molar-refractivity contribution is 0.414. The van der Waals surface area contributed by atoms with E-state index in [0.717, 1.165) is 11.3 Å². The Morgan fingerprint density at radius 1 is 1.30 bits per heavy atom. The molecule has 0 radical (unpaired) electrons. The second-order valence-electron chi connectivity index (χ2n) is 6.04. The van der Waals surface area contributed by atoms with E-state index >= 15 is 0 Å². The van der Waals surface area contributed by atoms with Crippen LogP contribution < -0.4 is 10.5 Å². The molecule has 1 aromatic rings. The second-order valence-corrected chi connectivity index (χ2v) is 8.90. The van der Waals surface area contributed by atoms with E-state index in [-0.39, 0.29) is 11.8 Å². The fourth-order valence-corrected chi connectivity index (χ4v) is 3.04. The minimum Gasteiger partial charge on any atom is -0.497 e. The molecule has 0 saturated carbocycles. The summed E-state index contributed by atoms with van der Waals surface area (Å²) in [5, 5.41) is 0. The molecule has 0 aliphatic heterocycles. The molecule has 114 valence electrons. The van der Waals surface area contributed by atoms with Crippen molar-refractivity contribution in [2.24, 2.45) is 5.73 Å². The van der Waals surface area contributed by atoms with Crippen LogP contribution in [0.1, 0.15) is 32.8 Å². The van der Waals surface area contributed by atoms with Crippen LogP contribution in [0.4, 0.5) is 0 Å². The number of hydrogen-bond donors (Lipinski definition) is 1. The summed E-state index contributed by atoms with van der Waals surface area (Å²) in [6.07, 6.45) is 1.12. The van der Waals surface area contributed by atoms with Crippen molar-refractivity contribution in [3.8, 4) is 5.75 Å². The molecule has 0 amide bonds. The Morgan fingerprint density at radius 2 is 1.95 bits per heavy atom. The van der Waals surface area contributed by atoms with Gasteiger partial charge in [-0.05, 0) is 51.3 Å². The van der Waals surface area contributed by atoms with Gasteiger partial charge in [-0.15, -0.1) is 0 Å². The normalized spacial score (nSPS) is 14.1. The largest absolute Gasteiger partial charge is 0.497 e. The van der Waals surface area contributed by atoms with E-state index in [0.29, 0.717) is 12.8 Å². The van der Waals surface area contributed by atoms with Crippen molar-refractivity contribution in [1.29, 1.82) is 0 Å². The summed E-state index contributed by atoms with van der Waals surface area (Å²) in [6.45, 7) is 5.15. The van der Waals surface area contributed by atoms with Crippen molar-refractivity contribution in [1.82, 2.24) is 0 Å². The molecule has 0 heterocycles. The van der Waals surface area contributed by atoms with Crippen LogP contribution in [0.5, 0.6) is 5.75 Å². The fourth-order valence-electron chi connectivity index (χ4n) is 1.82. The second kappa shape index (κ2) is 6.59. The van der Waals surface area contributed by atoms with Crippen LogP contribution in [0, 0.1) is 0 Å². The van der Waals surface area contributed by atoms with Gasteiger partial charge in [-0.25, -0.2) is 8.42 Å². The van der Waals surface area contributed by atoms with Gasteiger partial charge in [-0.2, -0.15) is 0 Å². The topological polar surface area (TPSA) is 69.4 Å². The lowest BCUT2D eigenvalue weighted by Gasteiger charge is -2.20. The Balaban J connectivity index is 2.58. The molecular formula is C15H25NO3S. The molecule has 1 aromatic carbocycles. The van der Waals surface area contributed by atoms with Crippen LogP contribution in [0.3, 0.4) is 0 Å². The first-order valence-corrected chi connectivity index (χ1v) is 8.42. The lowest BCUT2D eigenvalue weighted by atomic mass is 10.0. The van der Waals surface area contributed by atoms with E-state index in [1.807, 2.05) is 24.3 Å². The predicted octanol–water partition coefficient (Wildman–Crippen LogP) is 2.17. The molecule has 0 aliphatic carbocycles. The fraction of sp³-hybridized carbons (Fsp3) is 0.600. The molecule has 1 atom stereocenters. The van der Waals surface area contributed by atoms with Gasteiger partial charge >= 0.3 is 0 Å². The summed E-state index contributed by atoms with van der Waals surface area (Å²) in [5.74, 6) is 0.916. The highest BCUT2D eigenvalue weighted by Gasteiger charge is 2.28. The molecule has 0 aromatic heterocycles. The summed E-state index contributed by atoms with van der Waals surface area (Å²) in [4.78, 5) is 0. The monoisotopic (exact) mass is 299 g/mol. The summed E-state index contributed by atoms with van der Waals surface area (Å²) in [7, 11) is -1.48. The molecule has 2 N–H and O–H groups in total. The third kappa shape index (κ3) is 4.80. The van der Waals surface area contributed by atoms with E-state index in [9.17, 15) is 8.42 Å². The van der Waals surface area contributed by atoms with E-state index in [2.05, 4.69) is 0 Å². The third-order valence-corrected chi connectivity index (χ3v) is 5.96. The summed E-state index contributed by atoms with van der Waals surface area (Å²) in [6, 6.07) is 7.52.